The zero-order valence-corrected chi connectivity index (χ0v) is 14.1. The molecule has 0 aromatic carbocycles. The average molecular weight is 295 g/mol. The van der Waals surface area contributed by atoms with E-state index in [-0.39, 0.29) is 5.60 Å². The van der Waals surface area contributed by atoms with Crippen molar-refractivity contribution in [2.45, 2.75) is 77.7 Å². The SMILES string of the molecule is Cc1cc(C(C)(O)CNC2CC(OC(C)(C)C)C2)c(C)o1. The van der Waals surface area contributed by atoms with Crippen molar-refractivity contribution in [3.63, 3.8) is 0 Å². The molecule has 1 aliphatic carbocycles. The minimum Gasteiger partial charge on any atom is -0.466 e. The molecule has 1 fully saturated rings. The lowest BCUT2D eigenvalue weighted by Gasteiger charge is -2.40. The normalized spacial score (nSPS) is 25.5. The molecule has 0 bridgehead atoms. The van der Waals surface area contributed by atoms with Gasteiger partial charge in [-0.2, -0.15) is 0 Å². The van der Waals surface area contributed by atoms with Crippen molar-refractivity contribution >= 4 is 0 Å². The Labute approximate surface area is 127 Å². The van der Waals surface area contributed by atoms with Crippen molar-refractivity contribution in [1.29, 1.82) is 0 Å². The van der Waals surface area contributed by atoms with Crippen molar-refractivity contribution in [2.24, 2.45) is 0 Å². The molecule has 1 saturated carbocycles. The number of hydrogen-bond acceptors (Lipinski definition) is 4. The van der Waals surface area contributed by atoms with Crippen LogP contribution in [-0.4, -0.2) is 29.4 Å². The van der Waals surface area contributed by atoms with Gasteiger partial charge in [-0.25, -0.2) is 0 Å². The predicted molar refractivity (Wildman–Crippen MR) is 83.4 cm³/mol. The summed E-state index contributed by atoms with van der Waals surface area (Å²) in [7, 11) is 0. The molecule has 2 rings (SSSR count). The first-order valence-corrected chi connectivity index (χ1v) is 7.78. The van der Waals surface area contributed by atoms with Crippen molar-refractivity contribution in [2.75, 3.05) is 6.54 Å². The van der Waals surface area contributed by atoms with E-state index in [0.717, 1.165) is 29.9 Å². The molecule has 4 heteroatoms. The third kappa shape index (κ3) is 4.31. The maximum atomic E-state index is 10.6. The molecule has 1 aromatic heterocycles. The number of rotatable bonds is 5. The summed E-state index contributed by atoms with van der Waals surface area (Å²) in [5.74, 6) is 1.63. The fourth-order valence-electron chi connectivity index (χ4n) is 2.93. The van der Waals surface area contributed by atoms with Gasteiger partial charge < -0.3 is 19.6 Å². The third-order valence-corrected chi connectivity index (χ3v) is 3.97. The molecule has 1 aliphatic rings. The van der Waals surface area contributed by atoms with Gasteiger partial charge in [-0.15, -0.1) is 0 Å². The van der Waals surface area contributed by atoms with Crippen LogP contribution in [0.1, 0.15) is 57.6 Å². The van der Waals surface area contributed by atoms with E-state index in [4.69, 9.17) is 9.15 Å². The number of nitrogens with one attached hydrogen (secondary N) is 1. The summed E-state index contributed by atoms with van der Waals surface area (Å²) in [6, 6.07) is 2.35. The van der Waals surface area contributed by atoms with E-state index in [9.17, 15) is 5.11 Å². The molecule has 0 spiro atoms. The fourth-order valence-corrected chi connectivity index (χ4v) is 2.93. The van der Waals surface area contributed by atoms with Gasteiger partial charge in [0.05, 0.1) is 11.7 Å². The molecule has 4 nitrogen and oxygen atoms in total. The highest BCUT2D eigenvalue weighted by atomic mass is 16.5. The van der Waals surface area contributed by atoms with Gasteiger partial charge >= 0.3 is 0 Å². The van der Waals surface area contributed by atoms with Crippen LogP contribution in [0.15, 0.2) is 10.5 Å². The van der Waals surface area contributed by atoms with E-state index in [1.807, 2.05) is 26.8 Å². The predicted octanol–water partition coefficient (Wildman–Crippen LogP) is 3.04. The molecule has 1 heterocycles. The molecule has 1 unspecified atom stereocenters. The Kier molecular flexibility index (Phi) is 4.52. The average Bonchev–Trinajstić information content (AvgIpc) is 2.60. The summed E-state index contributed by atoms with van der Waals surface area (Å²) >= 11 is 0. The number of ether oxygens (including phenoxy) is 1. The van der Waals surface area contributed by atoms with Gasteiger partial charge in [0.15, 0.2) is 0 Å². The Morgan fingerprint density at radius 1 is 1.29 bits per heavy atom. The van der Waals surface area contributed by atoms with Crippen LogP contribution in [0.4, 0.5) is 0 Å². The summed E-state index contributed by atoms with van der Waals surface area (Å²) in [6.07, 6.45) is 2.36. The van der Waals surface area contributed by atoms with Crippen LogP contribution in [0.5, 0.6) is 0 Å². The monoisotopic (exact) mass is 295 g/mol. The van der Waals surface area contributed by atoms with E-state index in [2.05, 4.69) is 26.1 Å². The lowest BCUT2D eigenvalue weighted by molar-refractivity contribution is -0.104. The molecular weight excluding hydrogens is 266 g/mol. The summed E-state index contributed by atoms with van der Waals surface area (Å²) < 4.78 is 11.4. The highest BCUT2D eigenvalue weighted by Gasteiger charge is 2.35. The molecule has 0 saturated heterocycles. The van der Waals surface area contributed by atoms with Gasteiger partial charge in [0.25, 0.3) is 0 Å². The topological polar surface area (TPSA) is 54.6 Å². The smallest absolute Gasteiger partial charge is 0.107 e. The molecular formula is C17H29NO3. The van der Waals surface area contributed by atoms with Crippen molar-refractivity contribution in [3.05, 3.63) is 23.2 Å². The van der Waals surface area contributed by atoms with E-state index < -0.39 is 5.60 Å². The number of aliphatic hydroxyl groups is 1. The van der Waals surface area contributed by atoms with Gasteiger partial charge in [-0.3, -0.25) is 0 Å². The van der Waals surface area contributed by atoms with E-state index in [1.165, 1.54) is 0 Å². The second-order valence-electron chi connectivity index (χ2n) is 7.50. The molecule has 21 heavy (non-hydrogen) atoms. The van der Waals surface area contributed by atoms with Gasteiger partial charge in [0.2, 0.25) is 0 Å². The number of aryl methyl sites for hydroxylation is 2. The van der Waals surface area contributed by atoms with Crippen LogP contribution in [0.3, 0.4) is 0 Å². The summed E-state index contributed by atoms with van der Waals surface area (Å²) in [6.45, 7) is 12.4. The van der Waals surface area contributed by atoms with Crippen molar-refractivity contribution < 1.29 is 14.3 Å². The van der Waals surface area contributed by atoms with Gasteiger partial charge in [0, 0.05) is 18.2 Å². The quantitative estimate of drug-likeness (QED) is 0.876. The minimum atomic E-state index is -0.905. The third-order valence-electron chi connectivity index (χ3n) is 3.97. The van der Waals surface area contributed by atoms with Gasteiger partial charge in [0.1, 0.15) is 17.1 Å². The summed E-state index contributed by atoms with van der Waals surface area (Å²) in [4.78, 5) is 0. The van der Waals surface area contributed by atoms with Crippen molar-refractivity contribution in [3.8, 4) is 0 Å². The maximum Gasteiger partial charge on any atom is 0.107 e. The maximum absolute atomic E-state index is 10.6. The van der Waals surface area contributed by atoms with Crippen molar-refractivity contribution in [1.82, 2.24) is 5.32 Å². The lowest BCUT2D eigenvalue weighted by atomic mass is 9.87. The fraction of sp³-hybridized carbons (Fsp3) is 0.765. The molecule has 2 N–H and O–H groups in total. The van der Waals surface area contributed by atoms with Crippen LogP contribution in [0, 0.1) is 13.8 Å². The Morgan fingerprint density at radius 2 is 1.90 bits per heavy atom. The standard InChI is InChI=1S/C17H29NO3/c1-11-7-15(12(2)20-11)17(6,19)10-18-13-8-14(9-13)21-16(3,4)5/h7,13-14,18-19H,8-10H2,1-6H3. The molecule has 1 aromatic rings. The molecule has 0 radical (unpaired) electrons. The molecule has 1 atom stereocenters. The lowest BCUT2D eigenvalue weighted by Crippen LogP contribution is -2.51. The van der Waals surface area contributed by atoms with E-state index >= 15 is 0 Å². The van der Waals surface area contributed by atoms with E-state index in [0.29, 0.717) is 18.7 Å². The Bertz CT molecular complexity index is 479. The molecule has 0 amide bonds. The largest absolute Gasteiger partial charge is 0.466 e. The Balaban J connectivity index is 1.80. The minimum absolute atomic E-state index is 0.0768. The second-order valence-corrected chi connectivity index (χ2v) is 7.50. The van der Waals surface area contributed by atoms with Crippen LogP contribution < -0.4 is 5.32 Å². The molecule has 120 valence electrons. The van der Waals surface area contributed by atoms with Crippen LogP contribution in [0.25, 0.3) is 0 Å². The van der Waals surface area contributed by atoms with Gasteiger partial charge in [-0.05, 0) is 60.5 Å². The van der Waals surface area contributed by atoms with Gasteiger partial charge in [-0.1, -0.05) is 0 Å². The summed E-state index contributed by atoms with van der Waals surface area (Å²) in [5, 5.41) is 14.1. The number of hydrogen-bond donors (Lipinski definition) is 2. The summed E-state index contributed by atoms with van der Waals surface area (Å²) in [5.41, 5.74) is -0.112. The first-order chi connectivity index (χ1) is 9.57. The first kappa shape index (κ1) is 16.5. The second kappa shape index (κ2) is 5.75. The van der Waals surface area contributed by atoms with E-state index in [1.54, 1.807) is 0 Å². The Hall–Kier alpha value is -0.840. The van der Waals surface area contributed by atoms with Crippen LogP contribution in [0.2, 0.25) is 0 Å². The molecule has 0 aliphatic heterocycles. The highest BCUT2D eigenvalue weighted by Crippen LogP contribution is 2.30. The Morgan fingerprint density at radius 3 is 2.38 bits per heavy atom. The van der Waals surface area contributed by atoms with Crippen LogP contribution >= 0.6 is 0 Å². The number of furan rings is 1. The highest BCUT2D eigenvalue weighted by molar-refractivity contribution is 5.26. The zero-order chi connectivity index (χ0) is 15.8. The zero-order valence-electron chi connectivity index (χ0n) is 14.1. The van der Waals surface area contributed by atoms with Crippen LogP contribution in [-0.2, 0) is 10.3 Å². The first-order valence-electron chi connectivity index (χ1n) is 7.78.